The lowest BCUT2D eigenvalue weighted by Crippen LogP contribution is -2.30. The van der Waals surface area contributed by atoms with Crippen LogP contribution in [0.25, 0.3) is 16.6 Å². The molecule has 12 heteroatoms. The summed E-state index contributed by atoms with van der Waals surface area (Å²) in [4.78, 5) is 37.3. The number of nitrogens with two attached hydrogens (primary N) is 1. The molecule has 0 saturated carbocycles. The molecule has 0 aliphatic heterocycles. The Balaban J connectivity index is 2.45. The fourth-order valence-corrected chi connectivity index (χ4v) is 3.91. The predicted molar refractivity (Wildman–Crippen MR) is 135 cm³/mol. The number of nitrogens with zero attached hydrogens (tertiary/aromatic N) is 1. The van der Waals surface area contributed by atoms with E-state index in [1.54, 1.807) is 6.92 Å². The highest BCUT2D eigenvalue weighted by atomic mass is 35.5. The van der Waals surface area contributed by atoms with E-state index in [1.807, 2.05) is 0 Å². The third-order valence-corrected chi connectivity index (χ3v) is 5.63. The Morgan fingerprint density at radius 3 is 2.46 bits per heavy atom. The van der Waals surface area contributed by atoms with Crippen LogP contribution in [0.4, 0.5) is 20.2 Å². The Kier molecular flexibility index (Phi) is 8.09. The van der Waals surface area contributed by atoms with Crippen LogP contribution in [-0.4, -0.2) is 40.4 Å². The number of benzene rings is 2. The van der Waals surface area contributed by atoms with Crippen LogP contribution < -0.4 is 16.5 Å². The summed E-state index contributed by atoms with van der Waals surface area (Å²) >= 11 is 6.60. The summed E-state index contributed by atoms with van der Waals surface area (Å²) in [6.07, 6.45) is 1.12. The van der Waals surface area contributed by atoms with Gasteiger partial charge in [-0.1, -0.05) is 11.6 Å². The fourth-order valence-electron chi connectivity index (χ4n) is 3.56. The Morgan fingerprint density at radius 2 is 1.86 bits per heavy atom. The minimum Gasteiger partial charge on any atom is -0.462 e. The number of ether oxygens (including phenoxy) is 2. The third-order valence-electron chi connectivity index (χ3n) is 5.26. The van der Waals surface area contributed by atoms with E-state index in [2.05, 4.69) is 5.32 Å². The van der Waals surface area contributed by atoms with Crippen molar-refractivity contribution in [1.82, 2.24) is 4.57 Å². The second-order valence-corrected chi connectivity index (χ2v) is 9.23. The number of aromatic nitrogens is 1. The molecule has 198 valence electrons. The largest absolute Gasteiger partial charge is 0.462 e. The quantitative estimate of drug-likeness (QED) is 0.291. The Hall–Kier alpha value is -3.70. The standard InChI is InChI=1S/C25H26ClF2N3O6/c1-5-36-24(34)15-9-31(19-8-18(29)16(27)6-13(19)10-37-12(2)32)22-14(23(15)33)7-17(28)21(20(22)26)30-11-25(3,4)35/h6-9,30,35H,5,10-11,29H2,1-4H3. The monoisotopic (exact) mass is 537 g/mol. The highest BCUT2D eigenvalue weighted by molar-refractivity contribution is 6.38. The number of esters is 2. The number of anilines is 2. The number of carbonyl (C=O) groups excluding carboxylic acids is 2. The first-order valence-electron chi connectivity index (χ1n) is 11.2. The minimum absolute atomic E-state index is 0.0353. The maximum absolute atomic E-state index is 15.1. The van der Waals surface area contributed by atoms with E-state index >= 15 is 4.39 Å². The molecule has 0 aliphatic rings. The molecular weight excluding hydrogens is 512 g/mol. The average molecular weight is 538 g/mol. The molecule has 0 radical (unpaired) electrons. The van der Waals surface area contributed by atoms with Crippen LogP contribution in [0.1, 0.15) is 43.6 Å². The van der Waals surface area contributed by atoms with Gasteiger partial charge in [-0.2, -0.15) is 0 Å². The lowest BCUT2D eigenvalue weighted by molar-refractivity contribution is -0.142. The molecule has 0 saturated heterocycles. The van der Waals surface area contributed by atoms with Gasteiger partial charge in [0.2, 0.25) is 5.43 Å². The van der Waals surface area contributed by atoms with Gasteiger partial charge in [-0.3, -0.25) is 9.59 Å². The van der Waals surface area contributed by atoms with Crippen LogP contribution in [0.15, 0.2) is 29.2 Å². The van der Waals surface area contributed by atoms with Crippen molar-refractivity contribution in [3.8, 4) is 5.69 Å². The topological polar surface area (TPSA) is 133 Å². The van der Waals surface area contributed by atoms with Crippen LogP contribution in [0.3, 0.4) is 0 Å². The minimum atomic E-state index is -1.24. The number of fused-ring (bicyclic) bond motifs is 1. The molecule has 4 N–H and O–H groups in total. The first-order chi connectivity index (χ1) is 17.2. The summed E-state index contributed by atoms with van der Waals surface area (Å²) in [5.41, 5.74) is 2.96. The van der Waals surface area contributed by atoms with Gasteiger partial charge in [0.15, 0.2) is 0 Å². The van der Waals surface area contributed by atoms with Crippen LogP contribution in [-0.2, 0) is 20.9 Å². The molecule has 0 bridgehead atoms. The number of pyridine rings is 1. The molecule has 0 aliphatic carbocycles. The number of hydrogen-bond acceptors (Lipinski definition) is 8. The van der Waals surface area contributed by atoms with Crippen molar-refractivity contribution < 1.29 is 33.0 Å². The van der Waals surface area contributed by atoms with Crippen molar-refractivity contribution in [2.75, 3.05) is 24.2 Å². The SMILES string of the molecule is CCOC(=O)c1cn(-c2cc(N)c(F)cc2COC(C)=O)c2c(Cl)c(NCC(C)(C)O)c(F)cc2c1=O. The second kappa shape index (κ2) is 10.7. The lowest BCUT2D eigenvalue weighted by Gasteiger charge is -2.22. The molecule has 0 amide bonds. The van der Waals surface area contributed by atoms with Crippen molar-refractivity contribution in [3.63, 3.8) is 0 Å². The van der Waals surface area contributed by atoms with Gasteiger partial charge in [0.1, 0.15) is 23.8 Å². The summed E-state index contributed by atoms with van der Waals surface area (Å²) in [5, 5.41) is 12.3. The molecule has 37 heavy (non-hydrogen) atoms. The third kappa shape index (κ3) is 6.00. The summed E-state index contributed by atoms with van der Waals surface area (Å²) in [7, 11) is 0. The molecule has 0 atom stereocenters. The Bertz CT molecular complexity index is 1450. The van der Waals surface area contributed by atoms with Crippen molar-refractivity contribution in [2.24, 2.45) is 0 Å². The van der Waals surface area contributed by atoms with Crippen molar-refractivity contribution in [3.05, 3.63) is 62.4 Å². The van der Waals surface area contributed by atoms with Gasteiger partial charge in [-0.05, 0) is 39.0 Å². The van der Waals surface area contributed by atoms with Gasteiger partial charge in [0.05, 0.1) is 45.2 Å². The Morgan fingerprint density at radius 1 is 1.19 bits per heavy atom. The van der Waals surface area contributed by atoms with Gasteiger partial charge < -0.3 is 30.2 Å². The number of aliphatic hydroxyl groups is 1. The fraction of sp³-hybridized carbons (Fsp3) is 0.320. The van der Waals surface area contributed by atoms with Gasteiger partial charge in [-0.15, -0.1) is 0 Å². The van der Waals surface area contributed by atoms with E-state index < -0.39 is 40.2 Å². The predicted octanol–water partition coefficient (Wildman–Crippen LogP) is 3.93. The Labute approximate surface area is 215 Å². The average Bonchev–Trinajstić information content (AvgIpc) is 2.79. The van der Waals surface area contributed by atoms with Crippen molar-refractivity contribution in [1.29, 1.82) is 0 Å². The van der Waals surface area contributed by atoms with Gasteiger partial charge in [-0.25, -0.2) is 13.6 Å². The number of nitrogens with one attached hydrogen (secondary N) is 1. The highest BCUT2D eigenvalue weighted by Crippen LogP contribution is 2.36. The lowest BCUT2D eigenvalue weighted by atomic mass is 10.1. The van der Waals surface area contributed by atoms with E-state index in [-0.39, 0.29) is 58.3 Å². The van der Waals surface area contributed by atoms with E-state index in [1.165, 1.54) is 31.4 Å². The molecule has 2 aromatic carbocycles. The van der Waals surface area contributed by atoms with Crippen LogP contribution in [0, 0.1) is 11.6 Å². The molecule has 3 rings (SSSR count). The molecule has 1 aromatic heterocycles. The van der Waals surface area contributed by atoms with Crippen molar-refractivity contribution >= 4 is 45.8 Å². The summed E-state index contributed by atoms with van der Waals surface area (Å²) in [6, 6.07) is 3.14. The maximum Gasteiger partial charge on any atom is 0.343 e. The highest BCUT2D eigenvalue weighted by Gasteiger charge is 2.25. The maximum atomic E-state index is 15.1. The molecular formula is C25H26ClF2N3O6. The zero-order valence-corrected chi connectivity index (χ0v) is 21.3. The first-order valence-corrected chi connectivity index (χ1v) is 11.5. The van der Waals surface area contributed by atoms with Gasteiger partial charge >= 0.3 is 11.9 Å². The summed E-state index contributed by atoms with van der Waals surface area (Å²) in [5.74, 6) is -3.32. The molecule has 1 heterocycles. The normalized spacial score (nSPS) is 11.5. The number of nitrogen functional groups attached to an aromatic ring is 1. The van der Waals surface area contributed by atoms with E-state index in [0.717, 1.165) is 18.3 Å². The summed E-state index contributed by atoms with van der Waals surface area (Å²) < 4.78 is 40.8. The second-order valence-electron chi connectivity index (χ2n) is 8.85. The van der Waals surface area contributed by atoms with Crippen LogP contribution in [0.2, 0.25) is 5.02 Å². The number of rotatable bonds is 8. The number of carbonyl (C=O) groups is 2. The van der Waals surface area contributed by atoms with E-state index in [4.69, 9.17) is 26.8 Å². The molecule has 0 fully saturated rings. The zero-order chi connectivity index (χ0) is 27.7. The molecule has 0 unspecified atom stereocenters. The smallest absolute Gasteiger partial charge is 0.343 e. The number of hydrogen-bond donors (Lipinski definition) is 3. The zero-order valence-electron chi connectivity index (χ0n) is 20.6. The van der Waals surface area contributed by atoms with Crippen molar-refractivity contribution in [2.45, 2.75) is 39.9 Å². The van der Waals surface area contributed by atoms with E-state index in [0.29, 0.717) is 0 Å². The van der Waals surface area contributed by atoms with Crippen LogP contribution >= 0.6 is 11.6 Å². The van der Waals surface area contributed by atoms with Gasteiger partial charge in [0.25, 0.3) is 0 Å². The van der Waals surface area contributed by atoms with Crippen LogP contribution in [0.5, 0.6) is 0 Å². The molecule has 0 spiro atoms. The molecule has 9 nitrogen and oxygen atoms in total. The number of halogens is 3. The van der Waals surface area contributed by atoms with Gasteiger partial charge in [0, 0.05) is 25.2 Å². The molecule has 3 aromatic rings. The first kappa shape index (κ1) is 27.9. The van der Waals surface area contributed by atoms with E-state index in [9.17, 15) is 23.9 Å². The summed E-state index contributed by atoms with van der Waals surface area (Å²) in [6.45, 7) is 5.20.